The van der Waals surface area contributed by atoms with E-state index in [9.17, 15) is 0 Å². The van der Waals surface area contributed by atoms with Crippen molar-refractivity contribution in [2.45, 2.75) is 39.2 Å². The fraction of sp³-hybridized carbons (Fsp3) is 0.917. The molecule has 4 heteroatoms. The Labute approximate surface area is 116 Å². The molecule has 3 atom stereocenters. The van der Waals surface area contributed by atoms with E-state index in [0.717, 1.165) is 17.8 Å². The van der Waals surface area contributed by atoms with Crippen LogP contribution in [0.3, 0.4) is 0 Å². The number of guanidine groups is 1. The molecule has 2 fully saturated rings. The standard InChI is InChI=1S/C12H23N3.HI/c1-9-5-4-6-15(8-9)12(13-3)14-11-7-10(11)2;/h9-11H,4-8H2,1-3H3,(H,13,14);1H. The number of rotatable bonds is 1. The predicted molar refractivity (Wildman–Crippen MR) is 79.4 cm³/mol. The van der Waals surface area contributed by atoms with Crippen molar-refractivity contribution in [1.29, 1.82) is 0 Å². The summed E-state index contributed by atoms with van der Waals surface area (Å²) in [7, 11) is 1.90. The van der Waals surface area contributed by atoms with Gasteiger partial charge in [0.05, 0.1) is 0 Å². The van der Waals surface area contributed by atoms with E-state index in [0.29, 0.717) is 6.04 Å². The van der Waals surface area contributed by atoms with Crippen molar-refractivity contribution < 1.29 is 0 Å². The molecule has 1 aliphatic carbocycles. The Morgan fingerprint density at radius 2 is 2.06 bits per heavy atom. The molecule has 1 heterocycles. The number of aliphatic imine (C=N–C) groups is 1. The van der Waals surface area contributed by atoms with E-state index >= 15 is 0 Å². The van der Waals surface area contributed by atoms with E-state index in [1.807, 2.05) is 7.05 Å². The third-order valence-corrected chi connectivity index (χ3v) is 3.59. The Balaban J connectivity index is 0.00000128. The summed E-state index contributed by atoms with van der Waals surface area (Å²) in [5, 5.41) is 3.56. The lowest BCUT2D eigenvalue weighted by atomic mass is 10.0. The lowest BCUT2D eigenvalue weighted by Crippen LogP contribution is -2.47. The number of hydrogen-bond acceptors (Lipinski definition) is 1. The zero-order valence-corrected chi connectivity index (χ0v) is 12.9. The molecule has 1 aliphatic heterocycles. The van der Waals surface area contributed by atoms with Crippen molar-refractivity contribution in [3.8, 4) is 0 Å². The summed E-state index contributed by atoms with van der Waals surface area (Å²) in [6.07, 6.45) is 3.98. The van der Waals surface area contributed by atoms with Crippen LogP contribution in [0.2, 0.25) is 0 Å². The van der Waals surface area contributed by atoms with Gasteiger partial charge in [-0.05, 0) is 31.1 Å². The van der Waals surface area contributed by atoms with Gasteiger partial charge in [-0.2, -0.15) is 0 Å². The van der Waals surface area contributed by atoms with E-state index in [1.54, 1.807) is 0 Å². The molecular formula is C12H24IN3. The molecule has 1 N–H and O–H groups in total. The summed E-state index contributed by atoms with van der Waals surface area (Å²) >= 11 is 0. The van der Waals surface area contributed by atoms with Crippen molar-refractivity contribution in [3.63, 3.8) is 0 Å². The van der Waals surface area contributed by atoms with Crippen molar-refractivity contribution >= 4 is 29.9 Å². The fourth-order valence-corrected chi connectivity index (χ4v) is 2.37. The second-order valence-corrected chi connectivity index (χ2v) is 5.20. The molecule has 0 aromatic heterocycles. The van der Waals surface area contributed by atoms with E-state index in [1.165, 1.54) is 32.4 Å². The van der Waals surface area contributed by atoms with E-state index in [-0.39, 0.29) is 24.0 Å². The highest BCUT2D eigenvalue weighted by atomic mass is 127. The van der Waals surface area contributed by atoms with Crippen LogP contribution in [0.5, 0.6) is 0 Å². The molecular weight excluding hydrogens is 313 g/mol. The van der Waals surface area contributed by atoms with Gasteiger partial charge in [0.2, 0.25) is 0 Å². The summed E-state index contributed by atoms with van der Waals surface area (Å²) in [4.78, 5) is 6.81. The molecule has 94 valence electrons. The highest BCUT2D eigenvalue weighted by Crippen LogP contribution is 2.29. The van der Waals surface area contributed by atoms with Crippen LogP contribution in [0, 0.1) is 11.8 Å². The summed E-state index contributed by atoms with van der Waals surface area (Å²) in [5.74, 6) is 2.77. The summed E-state index contributed by atoms with van der Waals surface area (Å²) in [6, 6.07) is 0.681. The van der Waals surface area contributed by atoms with Gasteiger partial charge in [0.1, 0.15) is 0 Å². The molecule has 0 bridgehead atoms. The van der Waals surface area contributed by atoms with Crippen LogP contribution in [-0.4, -0.2) is 37.0 Å². The zero-order chi connectivity index (χ0) is 10.8. The average Bonchev–Trinajstić information content (AvgIpc) is 2.91. The van der Waals surface area contributed by atoms with Gasteiger partial charge < -0.3 is 10.2 Å². The van der Waals surface area contributed by atoms with Gasteiger partial charge in [-0.1, -0.05) is 13.8 Å². The number of piperidine rings is 1. The molecule has 0 amide bonds. The van der Waals surface area contributed by atoms with Gasteiger partial charge in [-0.15, -0.1) is 24.0 Å². The maximum atomic E-state index is 4.39. The first-order valence-corrected chi connectivity index (χ1v) is 6.19. The lowest BCUT2D eigenvalue weighted by molar-refractivity contribution is 0.265. The van der Waals surface area contributed by atoms with Crippen LogP contribution < -0.4 is 5.32 Å². The number of hydrogen-bond donors (Lipinski definition) is 1. The Bertz CT molecular complexity index is 255. The van der Waals surface area contributed by atoms with E-state index in [4.69, 9.17) is 0 Å². The minimum Gasteiger partial charge on any atom is -0.353 e. The van der Waals surface area contributed by atoms with Gasteiger partial charge in [0, 0.05) is 26.2 Å². The molecule has 3 nitrogen and oxygen atoms in total. The third kappa shape index (κ3) is 3.50. The molecule has 0 spiro atoms. The van der Waals surface area contributed by atoms with Gasteiger partial charge in [0.15, 0.2) is 5.96 Å². The smallest absolute Gasteiger partial charge is 0.193 e. The monoisotopic (exact) mass is 337 g/mol. The van der Waals surface area contributed by atoms with Crippen molar-refractivity contribution in [1.82, 2.24) is 10.2 Å². The number of nitrogens with zero attached hydrogens (tertiary/aromatic N) is 2. The van der Waals surface area contributed by atoms with Crippen LogP contribution in [0.1, 0.15) is 33.1 Å². The lowest BCUT2D eigenvalue weighted by Gasteiger charge is -2.33. The molecule has 1 saturated carbocycles. The first kappa shape index (κ1) is 14.1. The first-order valence-electron chi connectivity index (χ1n) is 6.19. The normalized spacial score (nSPS) is 34.3. The van der Waals surface area contributed by atoms with Gasteiger partial charge >= 0.3 is 0 Å². The van der Waals surface area contributed by atoms with E-state index < -0.39 is 0 Å². The highest BCUT2D eigenvalue weighted by Gasteiger charge is 2.34. The summed E-state index contributed by atoms with van der Waals surface area (Å²) in [6.45, 7) is 6.97. The van der Waals surface area contributed by atoms with Crippen molar-refractivity contribution in [2.24, 2.45) is 16.8 Å². The summed E-state index contributed by atoms with van der Waals surface area (Å²) in [5.41, 5.74) is 0. The number of halogens is 1. The Morgan fingerprint density at radius 1 is 1.38 bits per heavy atom. The predicted octanol–water partition coefficient (Wildman–Crippen LogP) is 2.32. The molecule has 3 unspecified atom stereocenters. The molecule has 2 rings (SSSR count). The maximum absolute atomic E-state index is 4.39. The topological polar surface area (TPSA) is 27.6 Å². The fourth-order valence-electron chi connectivity index (χ4n) is 2.37. The van der Waals surface area contributed by atoms with E-state index in [2.05, 4.69) is 29.1 Å². The van der Waals surface area contributed by atoms with Crippen LogP contribution in [0.4, 0.5) is 0 Å². The largest absolute Gasteiger partial charge is 0.353 e. The zero-order valence-electron chi connectivity index (χ0n) is 10.6. The molecule has 1 saturated heterocycles. The SMILES string of the molecule is CN=C(NC1CC1C)N1CCCC(C)C1.I. The van der Waals surface area contributed by atoms with Gasteiger partial charge in [-0.25, -0.2) is 0 Å². The number of nitrogens with one attached hydrogen (secondary N) is 1. The molecule has 2 aliphatic rings. The van der Waals surface area contributed by atoms with Gasteiger partial charge in [-0.3, -0.25) is 4.99 Å². The van der Waals surface area contributed by atoms with Crippen molar-refractivity contribution in [3.05, 3.63) is 0 Å². The van der Waals surface area contributed by atoms with Crippen LogP contribution in [0.15, 0.2) is 4.99 Å². The molecule has 0 radical (unpaired) electrons. The van der Waals surface area contributed by atoms with Crippen LogP contribution in [0.25, 0.3) is 0 Å². The third-order valence-electron chi connectivity index (χ3n) is 3.59. The minimum atomic E-state index is 0. The van der Waals surface area contributed by atoms with Crippen molar-refractivity contribution in [2.75, 3.05) is 20.1 Å². The molecule has 0 aromatic rings. The Kier molecular flexibility index (Phi) is 5.34. The van der Waals surface area contributed by atoms with Crippen LogP contribution >= 0.6 is 24.0 Å². The second kappa shape index (κ2) is 6.07. The average molecular weight is 337 g/mol. The Morgan fingerprint density at radius 3 is 2.56 bits per heavy atom. The van der Waals surface area contributed by atoms with Gasteiger partial charge in [0.25, 0.3) is 0 Å². The van der Waals surface area contributed by atoms with Crippen LogP contribution in [-0.2, 0) is 0 Å². The Hall–Kier alpha value is 0. The molecule has 16 heavy (non-hydrogen) atoms. The first-order chi connectivity index (χ1) is 7.20. The summed E-state index contributed by atoms with van der Waals surface area (Å²) < 4.78 is 0. The highest BCUT2D eigenvalue weighted by molar-refractivity contribution is 14.0. The molecule has 0 aromatic carbocycles. The minimum absolute atomic E-state index is 0. The quantitative estimate of drug-likeness (QED) is 0.452. The number of likely N-dealkylation sites (tertiary alicyclic amines) is 1. The second-order valence-electron chi connectivity index (χ2n) is 5.20. The maximum Gasteiger partial charge on any atom is 0.193 e.